The number of fused-ring (bicyclic) bond motifs is 1. The summed E-state index contributed by atoms with van der Waals surface area (Å²) >= 11 is 0. The van der Waals surface area contributed by atoms with Crippen LogP contribution in [0.25, 0.3) is 11.0 Å². The molecule has 1 aliphatic carbocycles. The first-order valence-corrected chi connectivity index (χ1v) is 7.35. The Kier molecular flexibility index (Phi) is 3.90. The van der Waals surface area contributed by atoms with Crippen molar-refractivity contribution in [3.63, 3.8) is 0 Å². The number of aromatic nitrogens is 2. The number of imidazole rings is 1. The van der Waals surface area contributed by atoms with Crippen molar-refractivity contribution < 1.29 is 13.9 Å². The molecule has 4 nitrogen and oxygen atoms in total. The van der Waals surface area contributed by atoms with Crippen LogP contribution in [0.15, 0.2) is 24.5 Å². The largest absolute Gasteiger partial charge is 0.469 e. The number of halogens is 1. The lowest BCUT2D eigenvalue weighted by molar-refractivity contribution is -0.146. The molecule has 0 N–H and O–H groups in total. The van der Waals surface area contributed by atoms with Crippen LogP contribution in [0.2, 0.25) is 0 Å². The van der Waals surface area contributed by atoms with Gasteiger partial charge in [-0.15, -0.1) is 0 Å². The van der Waals surface area contributed by atoms with Crippen LogP contribution in [0.3, 0.4) is 0 Å². The van der Waals surface area contributed by atoms with Gasteiger partial charge in [-0.1, -0.05) is 0 Å². The van der Waals surface area contributed by atoms with Crippen molar-refractivity contribution in [2.45, 2.75) is 32.2 Å². The number of nitrogens with zero attached hydrogens (tertiary/aromatic N) is 2. The van der Waals surface area contributed by atoms with E-state index in [0.29, 0.717) is 5.92 Å². The van der Waals surface area contributed by atoms with Crippen molar-refractivity contribution in [3.8, 4) is 0 Å². The van der Waals surface area contributed by atoms with E-state index in [-0.39, 0.29) is 17.7 Å². The first-order valence-electron chi connectivity index (χ1n) is 7.35. The minimum absolute atomic E-state index is 0.0447. The summed E-state index contributed by atoms with van der Waals surface area (Å²) in [7, 11) is 1.45. The molecule has 1 aromatic carbocycles. The molecule has 3 rings (SSSR count). The van der Waals surface area contributed by atoms with E-state index in [1.54, 1.807) is 12.4 Å². The number of hydrogen-bond acceptors (Lipinski definition) is 3. The number of rotatable bonds is 3. The molecule has 5 heteroatoms. The van der Waals surface area contributed by atoms with Crippen molar-refractivity contribution in [1.82, 2.24) is 9.55 Å². The summed E-state index contributed by atoms with van der Waals surface area (Å²) in [5.41, 5.74) is 1.66. The van der Waals surface area contributed by atoms with E-state index < -0.39 is 0 Å². The molecule has 1 heterocycles. The van der Waals surface area contributed by atoms with E-state index in [4.69, 9.17) is 4.74 Å². The SMILES string of the molecule is COC(=O)C1CCC(Cn2cnc3ccc(F)cc32)CC1. The second-order valence-electron chi connectivity index (χ2n) is 5.77. The molecule has 1 saturated carbocycles. The second-order valence-corrected chi connectivity index (χ2v) is 5.77. The fourth-order valence-electron chi connectivity index (χ4n) is 3.20. The van der Waals surface area contributed by atoms with Gasteiger partial charge in [-0.3, -0.25) is 4.79 Å². The molecule has 2 aromatic rings. The zero-order chi connectivity index (χ0) is 14.8. The fraction of sp³-hybridized carbons (Fsp3) is 0.500. The molecule has 1 aliphatic rings. The van der Waals surface area contributed by atoms with Gasteiger partial charge in [0.1, 0.15) is 5.82 Å². The standard InChI is InChI=1S/C16H19FN2O2/c1-21-16(20)12-4-2-11(3-5-12)9-19-10-18-14-7-6-13(17)8-15(14)19/h6-8,10-12H,2-5,9H2,1H3. The molecule has 0 amide bonds. The second kappa shape index (κ2) is 5.84. The van der Waals surface area contributed by atoms with Gasteiger partial charge in [-0.05, 0) is 49.8 Å². The van der Waals surface area contributed by atoms with Crippen molar-refractivity contribution in [1.29, 1.82) is 0 Å². The Morgan fingerprint density at radius 2 is 2.14 bits per heavy atom. The van der Waals surface area contributed by atoms with Gasteiger partial charge in [0.2, 0.25) is 0 Å². The summed E-state index contributed by atoms with van der Waals surface area (Å²) in [5.74, 6) is 0.219. The van der Waals surface area contributed by atoms with Gasteiger partial charge in [0.15, 0.2) is 0 Å². The minimum Gasteiger partial charge on any atom is -0.469 e. The molecule has 0 spiro atoms. The van der Waals surface area contributed by atoms with E-state index in [2.05, 4.69) is 4.98 Å². The van der Waals surface area contributed by atoms with E-state index >= 15 is 0 Å². The minimum atomic E-state index is -0.237. The van der Waals surface area contributed by atoms with Gasteiger partial charge in [-0.25, -0.2) is 9.37 Å². The van der Waals surface area contributed by atoms with E-state index in [1.807, 2.05) is 4.57 Å². The molecule has 1 fully saturated rings. The topological polar surface area (TPSA) is 44.1 Å². The Morgan fingerprint density at radius 3 is 2.86 bits per heavy atom. The van der Waals surface area contributed by atoms with Crippen molar-refractivity contribution in [2.24, 2.45) is 11.8 Å². The Morgan fingerprint density at radius 1 is 1.38 bits per heavy atom. The van der Waals surface area contributed by atoms with Crippen LogP contribution in [0.5, 0.6) is 0 Å². The van der Waals surface area contributed by atoms with Crippen molar-refractivity contribution in [3.05, 3.63) is 30.3 Å². The highest BCUT2D eigenvalue weighted by atomic mass is 19.1. The van der Waals surface area contributed by atoms with Gasteiger partial charge in [0, 0.05) is 6.54 Å². The first-order chi connectivity index (χ1) is 10.2. The predicted octanol–water partition coefficient (Wildman–Crippen LogP) is 3.15. The molecule has 0 saturated heterocycles. The Bertz CT molecular complexity index is 645. The average molecular weight is 290 g/mol. The smallest absolute Gasteiger partial charge is 0.308 e. The zero-order valence-electron chi connectivity index (χ0n) is 12.1. The third-order valence-corrected chi connectivity index (χ3v) is 4.42. The lowest BCUT2D eigenvalue weighted by Gasteiger charge is -2.27. The summed E-state index contributed by atoms with van der Waals surface area (Å²) in [6.45, 7) is 0.827. The van der Waals surface area contributed by atoms with Crippen LogP contribution in [-0.2, 0) is 16.1 Å². The van der Waals surface area contributed by atoms with Gasteiger partial charge < -0.3 is 9.30 Å². The van der Waals surface area contributed by atoms with E-state index in [9.17, 15) is 9.18 Å². The molecule has 0 aliphatic heterocycles. The summed E-state index contributed by atoms with van der Waals surface area (Å²) in [6, 6.07) is 4.67. The van der Waals surface area contributed by atoms with Crippen LogP contribution >= 0.6 is 0 Å². The molecule has 0 atom stereocenters. The number of benzene rings is 1. The highest BCUT2D eigenvalue weighted by Gasteiger charge is 2.27. The van der Waals surface area contributed by atoms with Crippen LogP contribution in [0.1, 0.15) is 25.7 Å². The average Bonchev–Trinajstić information content (AvgIpc) is 2.89. The third-order valence-electron chi connectivity index (χ3n) is 4.42. The highest BCUT2D eigenvalue weighted by molar-refractivity contribution is 5.75. The van der Waals surface area contributed by atoms with Crippen LogP contribution in [0, 0.1) is 17.7 Å². The van der Waals surface area contributed by atoms with Gasteiger partial charge in [-0.2, -0.15) is 0 Å². The number of methoxy groups -OCH3 is 1. The molecule has 0 unspecified atom stereocenters. The predicted molar refractivity (Wildman–Crippen MR) is 77.2 cm³/mol. The molecule has 1 aromatic heterocycles. The molecular weight excluding hydrogens is 271 g/mol. The monoisotopic (exact) mass is 290 g/mol. The Hall–Kier alpha value is -1.91. The zero-order valence-corrected chi connectivity index (χ0v) is 12.1. The molecular formula is C16H19FN2O2. The maximum atomic E-state index is 13.4. The summed E-state index contributed by atoms with van der Waals surface area (Å²) in [4.78, 5) is 15.8. The normalized spacial score (nSPS) is 22.4. The van der Waals surface area contributed by atoms with E-state index in [0.717, 1.165) is 43.3 Å². The van der Waals surface area contributed by atoms with Crippen molar-refractivity contribution >= 4 is 17.0 Å². The summed E-state index contributed by atoms with van der Waals surface area (Å²) in [6.07, 6.45) is 5.51. The quantitative estimate of drug-likeness (QED) is 0.816. The molecule has 21 heavy (non-hydrogen) atoms. The lowest BCUT2D eigenvalue weighted by atomic mass is 9.82. The molecule has 112 valence electrons. The number of ether oxygens (including phenoxy) is 1. The molecule has 0 bridgehead atoms. The van der Waals surface area contributed by atoms with Crippen LogP contribution < -0.4 is 0 Å². The van der Waals surface area contributed by atoms with E-state index in [1.165, 1.54) is 19.2 Å². The maximum absolute atomic E-state index is 13.4. The number of esters is 1. The Labute approximate surface area is 122 Å². The highest BCUT2D eigenvalue weighted by Crippen LogP contribution is 2.31. The summed E-state index contributed by atoms with van der Waals surface area (Å²) < 4.78 is 20.2. The summed E-state index contributed by atoms with van der Waals surface area (Å²) in [5, 5.41) is 0. The number of carbonyl (C=O) groups excluding carboxylic acids is 1. The van der Waals surface area contributed by atoms with Gasteiger partial charge in [0.25, 0.3) is 0 Å². The number of hydrogen-bond donors (Lipinski definition) is 0. The van der Waals surface area contributed by atoms with Crippen molar-refractivity contribution in [2.75, 3.05) is 7.11 Å². The van der Waals surface area contributed by atoms with Crippen LogP contribution in [0.4, 0.5) is 4.39 Å². The molecule has 0 radical (unpaired) electrons. The third kappa shape index (κ3) is 2.91. The first kappa shape index (κ1) is 14.0. The maximum Gasteiger partial charge on any atom is 0.308 e. The van der Waals surface area contributed by atoms with Gasteiger partial charge in [0.05, 0.1) is 30.4 Å². The Balaban J connectivity index is 1.67. The van der Waals surface area contributed by atoms with Crippen LogP contribution in [-0.4, -0.2) is 22.6 Å². The fourth-order valence-corrected chi connectivity index (χ4v) is 3.20. The van der Waals surface area contributed by atoms with Gasteiger partial charge >= 0.3 is 5.97 Å². The lowest BCUT2D eigenvalue weighted by Crippen LogP contribution is -2.24. The number of carbonyl (C=O) groups is 1.